The molecule has 1 aliphatic rings. The lowest BCUT2D eigenvalue weighted by Crippen LogP contribution is -2.44. The number of aryl methyl sites for hydroxylation is 1. The van der Waals surface area contributed by atoms with Crippen molar-refractivity contribution in [2.24, 2.45) is 5.92 Å². The van der Waals surface area contributed by atoms with Crippen molar-refractivity contribution in [3.8, 4) is 0 Å². The van der Waals surface area contributed by atoms with Gasteiger partial charge < -0.3 is 9.80 Å². The standard InChI is InChI=1S/C19H27BrN2O2S/c1-4-21(5-2)19(24)15-8-10-22(11-9-15)18(23)13-25-17-7-6-16(20)12-14(17)3/h6-7,12,15H,4-5,8-11,13H2,1-3H3. The second-order valence-electron chi connectivity index (χ2n) is 6.36. The normalized spacial score (nSPS) is 15.3. The maximum absolute atomic E-state index is 12.5. The lowest BCUT2D eigenvalue weighted by atomic mass is 9.95. The minimum absolute atomic E-state index is 0.0744. The summed E-state index contributed by atoms with van der Waals surface area (Å²) in [6.45, 7) is 8.99. The Labute approximate surface area is 163 Å². The van der Waals surface area contributed by atoms with Gasteiger partial charge in [0.1, 0.15) is 0 Å². The summed E-state index contributed by atoms with van der Waals surface area (Å²) in [5.41, 5.74) is 1.18. The Morgan fingerprint density at radius 3 is 2.44 bits per heavy atom. The van der Waals surface area contributed by atoms with Crippen LogP contribution in [0, 0.1) is 12.8 Å². The molecule has 0 saturated carbocycles. The second-order valence-corrected chi connectivity index (χ2v) is 8.30. The lowest BCUT2D eigenvalue weighted by molar-refractivity contribution is -0.139. The minimum atomic E-state index is 0.0744. The van der Waals surface area contributed by atoms with E-state index in [1.54, 1.807) is 11.8 Å². The third kappa shape index (κ3) is 5.48. The Kier molecular flexibility index (Phi) is 7.81. The number of hydrogen-bond donors (Lipinski definition) is 0. The Morgan fingerprint density at radius 1 is 1.24 bits per heavy atom. The highest BCUT2D eigenvalue weighted by atomic mass is 79.9. The highest BCUT2D eigenvalue weighted by Gasteiger charge is 2.29. The fourth-order valence-corrected chi connectivity index (χ4v) is 4.56. The Balaban J connectivity index is 1.82. The molecule has 1 aliphatic heterocycles. The van der Waals surface area contributed by atoms with Crippen molar-refractivity contribution in [2.75, 3.05) is 31.9 Å². The molecule has 1 aromatic rings. The molecule has 25 heavy (non-hydrogen) atoms. The summed E-state index contributed by atoms with van der Waals surface area (Å²) in [6.07, 6.45) is 1.56. The molecule has 0 atom stereocenters. The third-order valence-corrected chi connectivity index (χ3v) is 6.41. The van der Waals surface area contributed by atoms with E-state index >= 15 is 0 Å². The Hall–Kier alpha value is -1.01. The predicted molar refractivity (Wildman–Crippen MR) is 107 cm³/mol. The first-order valence-corrected chi connectivity index (χ1v) is 10.7. The van der Waals surface area contributed by atoms with E-state index in [0.717, 1.165) is 35.3 Å². The molecule has 1 saturated heterocycles. The monoisotopic (exact) mass is 426 g/mol. The number of rotatable bonds is 6. The van der Waals surface area contributed by atoms with E-state index < -0.39 is 0 Å². The van der Waals surface area contributed by atoms with Gasteiger partial charge in [0.2, 0.25) is 11.8 Å². The van der Waals surface area contributed by atoms with E-state index in [-0.39, 0.29) is 17.7 Å². The van der Waals surface area contributed by atoms with Crippen LogP contribution in [-0.2, 0) is 9.59 Å². The number of thioether (sulfide) groups is 1. The first-order chi connectivity index (χ1) is 12.0. The summed E-state index contributed by atoms with van der Waals surface area (Å²) in [6, 6.07) is 6.12. The summed E-state index contributed by atoms with van der Waals surface area (Å²) >= 11 is 5.05. The number of piperidine rings is 1. The van der Waals surface area contributed by atoms with Gasteiger partial charge in [-0.15, -0.1) is 11.8 Å². The lowest BCUT2D eigenvalue weighted by Gasteiger charge is -2.33. The summed E-state index contributed by atoms with van der Waals surface area (Å²) in [7, 11) is 0. The Bertz CT molecular complexity index is 611. The zero-order chi connectivity index (χ0) is 18.4. The maximum Gasteiger partial charge on any atom is 0.232 e. The molecule has 0 aliphatic carbocycles. The molecule has 0 radical (unpaired) electrons. The molecule has 0 unspecified atom stereocenters. The molecule has 2 rings (SSSR count). The topological polar surface area (TPSA) is 40.6 Å². The number of hydrogen-bond acceptors (Lipinski definition) is 3. The first-order valence-electron chi connectivity index (χ1n) is 8.91. The quantitative estimate of drug-likeness (QED) is 0.646. The van der Waals surface area contributed by atoms with Crippen LogP contribution in [0.5, 0.6) is 0 Å². The van der Waals surface area contributed by atoms with Gasteiger partial charge in [0.15, 0.2) is 0 Å². The van der Waals surface area contributed by atoms with Crippen LogP contribution in [0.4, 0.5) is 0 Å². The average Bonchev–Trinajstić information content (AvgIpc) is 2.62. The van der Waals surface area contributed by atoms with Crippen LogP contribution < -0.4 is 0 Å². The molecule has 0 spiro atoms. The van der Waals surface area contributed by atoms with Crippen LogP contribution in [0.25, 0.3) is 0 Å². The Morgan fingerprint density at radius 2 is 1.88 bits per heavy atom. The number of likely N-dealkylation sites (tertiary alicyclic amines) is 1. The molecule has 2 amide bonds. The van der Waals surface area contributed by atoms with E-state index in [4.69, 9.17) is 0 Å². The highest BCUT2D eigenvalue weighted by Crippen LogP contribution is 2.26. The number of carbonyl (C=O) groups excluding carboxylic acids is 2. The van der Waals surface area contributed by atoms with Crippen LogP contribution in [0.2, 0.25) is 0 Å². The molecule has 6 heteroatoms. The maximum atomic E-state index is 12.5. The molecule has 1 aromatic carbocycles. The molecule has 1 heterocycles. The molecular weight excluding hydrogens is 400 g/mol. The highest BCUT2D eigenvalue weighted by molar-refractivity contribution is 9.10. The minimum Gasteiger partial charge on any atom is -0.343 e. The van der Waals surface area contributed by atoms with Gasteiger partial charge in [-0.2, -0.15) is 0 Å². The van der Waals surface area contributed by atoms with E-state index in [1.807, 2.05) is 35.8 Å². The number of nitrogens with zero attached hydrogens (tertiary/aromatic N) is 2. The van der Waals surface area contributed by atoms with Crippen molar-refractivity contribution in [3.05, 3.63) is 28.2 Å². The molecule has 0 bridgehead atoms. The van der Waals surface area contributed by atoms with Gasteiger partial charge >= 0.3 is 0 Å². The predicted octanol–water partition coefficient (Wildman–Crippen LogP) is 3.96. The average molecular weight is 427 g/mol. The van der Waals surface area contributed by atoms with Gasteiger partial charge in [-0.3, -0.25) is 9.59 Å². The van der Waals surface area contributed by atoms with Gasteiger partial charge in [0.05, 0.1) is 5.75 Å². The van der Waals surface area contributed by atoms with Crippen LogP contribution in [0.15, 0.2) is 27.6 Å². The first kappa shape index (κ1) is 20.3. The molecule has 1 fully saturated rings. The van der Waals surface area contributed by atoms with Crippen molar-refractivity contribution in [1.29, 1.82) is 0 Å². The third-order valence-electron chi connectivity index (χ3n) is 4.76. The van der Waals surface area contributed by atoms with Crippen LogP contribution in [0.1, 0.15) is 32.3 Å². The van der Waals surface area contributed by atoms with Crippen molar-refractivity contribution in [1.82, 2.24) is 9.80 Å². The van der Waals surface area contributed by atoms with Gasteiger partial charge in [-0.1, -0.05) is 15.9 Å². The van der Waals surface area contributed by atoms with Crippen LogP contribution in [-0.4, -0.2) is 53.5 Å². The summed E-state index contributed by atoms with van der Waals surface area (Å²) in [5, 5.41) is 0. The molecule has 0 N–H and O–H groups in total. The fraction of sp³-hybridized carbons (Fsp3) is 0.579. The van der Waals surface area contributed by atoms with Gasteiger partial charge in [0.25, 0.3) is 0 Å². The van der Waals surface area contributed by atoms with Gasteiger partial charge in [-0.05, 0) is 57.4 Å². The summed E-state index contributed by atoms with van der Waals surface area (Å²) < 4.78 is 1.06. The number of carbonyl (C=O) groups is 2. The molecule has 4 nitrogen and oxygen atoms in total. The largest absolute Gasteiger partial charge is 0.343 e. The van der Waals surface area contributed by atoms with E-state index in [9.17, 15) is 9.59 Å². The zero-order valence-electron chi connectivity index (χ0n) is 15.3. The van der Waals surface area contributed by atoms with Crippen molar-refractivity contribution >= 4 is 39.5 Å². The van der Waals surface area contributed by atoms with E-state index in [2.05, 4.69) is 28.9 Å². The summed E-state index contributed by atoms with van der Waals surface area (Å²) in [5.74, 6) is 0.945. The van der Waals surface area contributed by atoms with Crippen molar-refractivity contribution in [3.63, 3.8) is 0 Å². The second kappa shape index (κ2) is 9.62. The molecule has 138 valence electrons. The number of amides is 2. The fourth-order valence-electron chi connectivity index (χ4n) is 3.17. The summed E-state index contributed by atoms with van der Waals surface area (Å²) in [4.78, 5) is 29.8. The molecule has 0 aromatic heterocycles. The number of benzene rings is 1. The van der Waals surface area contributed by atoms with Crippen LogP contribution in [0.3, 0.4) is 0 Å². The smallest absolute Gasteiger partial charge is 0.232 e. The van der Waals surface area contributed by atoms with E-state index in [0.29, 0.717) is 18.8 Å². The number of halogens is 1. The van der Waals surface area contributed by atoms with Crippen molar-refractivity contribution < 1.29 is 9.59 Å². The van der Waals surface area contributed by atoms with Gasteiger partial charge in [-0.25, -0.2) is 0 Å². The SMILES string of the molecule is CCN(CC)C(=O)C1CCN(C(=O)CSc2ccc(Br)cc2C)CC1. The van der Waals surface area contributed by atoms with Gasteiger partial charge in [0, 0.05) is 41.5 Å². The zero-order valence-corrected chi connectivity index (χ0v) is 17.7. The molecular formula is C19H27BrN2O2S. The van der Waals surface area contributed by atoms with Crippen LogP contribution >= 0.6 is 27.7 Å². The van der Waals surface area contributed by atoms with E-state index in [1.165, 1.54) is 5.56 Å². The van der Waals surface area contributed by atoms with Crippen molar-refractivity contribution in [2.45, 2.75) is 38.5 Å².